The van der Waals surface area contributed by atoms with Crippen molar-refractivity contribution in [2.45, 2.75) is 24.7 Å². The molecule has 0 N–H and O–H groups in total. The molecular weight excluding hydrogens is 196 g/mol. The number of fused-ring (bicyclic) bond motifs is 1. The van der Waals surface area contributed by atoms with E-state index in [9.17, 15) is 4.79 Å². The molecule has 1 nitrogen and oxygen atoms in total. The fourth-order valence-corrected chi connectivity index (χ4v) is 3.13. The van der Waals surface area contributed by atoms with Crippen molar-refractivity contribution >= 4 is 17.4 Å². The SMILES string of the molecule is O=C1CC2CC1(c1cccc(Cl)c1)C2. The number of halogens is 1. The molecule has 2 bridgehead atoms. The molecule has 72 valence electrons. The van der Waals surface area contributed by atoms with Crippen LogP contribution < -0.4 is 0 Å². The Bertz CT molecular complexity index is 405. The molecule has 14 heavy (non-hydrogen) atoms. The largest absolute Gasteiger partial charge is 0.299 e. The number of benzene rings is 1. The van der Waals surface area contributed by atoms with E-state index in [-0.39, 0.29) is 5.41 Å². The minimum Gasteiger partial charge on any atom is -0.299 e. The summed E-state index contributed by atoms with van der Waals surface area (Å²) in [6.45, 7) is 0. The minimum atomic E-state index is -0.143. The molecule has 4 rings (SSSR count). The first-order valence-corrected chi connectivity index (χ1v) is 5.38. The molecule has 1 aromatic rings. The predicted molar refractivity (Wildman–Crippen MR) is 55.5 cm³/mol. The summed E-state index contributed by atoms with van der Waals surface area (Å²) in [5.41, 5.74) is 0.985. The van der Waals surface area contributed by atoms with E-state index >= 15 is 0 Å². The van der Waals surface area contributed by atoms with Crippen LogP contribution in [-0.2, 0) is 10.2 Å². The van der Waals surface area contributed by atoms with Gasteiger partial charge in [0, 0.05) is 11.4 Å². The molecule has 3 fully saturated rings. The highest BCUT2D eigenvalue weighted by molar-refractivity contribution is 6.30. The summed E-state index contributed by atoms with van der Waals surface area (Å²) in [4.78, 5) is 11.8. The van der Waals surface area contributed by atoms with Crippen LogP contribution in [0, 0.1) is 5.92 Å². The van der Waals surface area contributed by atoms with Crippen LogP contribution in [0.2, 0.25) is 5.02 Å². The maximum absolute atomic E-state index is 11.8. The molecule has 0 saturated heterocycles. The van der Waals surface area contributed by atoms with Crippen LogP contribution in [0.25, 0.3) is 0 Å². The quantitative estimate of drug-likeness (QED) is 0.691. The molecule has 0 atom stereocenters. The number of carbonyl (C=O) groups is 1. The first-order chi connectivity index (χ1) is 6.71. The van der Waals surface area contributed by atoms with Gasteiger partial charge in [-0.3, -0.25) is 4.79 Å². The molecule has 0 aromatic heterocycles. The lowest BCUT2D eigenvalue weighted by Gasteiger charge is -2.37. The number of ketones is 1. The minimum absolute atomic E-state index is 0.143. The highest BCUT2D eigenvalue weighted by atomic mass is 35.5. The van der Waals surface area contributed by atoms with Crippen molar-refractivity contribution in [2.24, 2.45) is 5.92 Å². The molecule has 0 unspecified atom stereocenters. The fraction of sp³-hybridized carbons (Fsp3) is 0.417. The smallest absolute Gasteiger partial charge is 0.143 e. The van der Waals surface area contributed by atoms with Gasteiger partial charge in [0.1, 0.15) is 5.78 Å². The molecule has 0 radical (unpaired) electrons. The van der Waals surface area contributed by atoms with Crippen LogP contribution >= 0.6 is 11.6 Å². The number of rotatable bonds is 1. The first-order valence-electron chi connectivity index (χ1n) is 5.00. The third-order valence-corrected chi connectivity index (χ3v) is 3.89. The summed E-state index contributed by atoms with van der Waals surface area (Å²) in [6, 6.07) is 7.77. The highest BCUT2D eigenvalue weighted by Crippen LogP contribution is 2.57. The van der Waals surface area contributed by atoms with E-state index in [0.29, 0.717) is 11.7 Å². The van der Waals surface area contributed by atoms with Crippen molar-refractivity contribution in [1.82, 2.24) is 0 Å². The normalized spacial score (nSPS) is 34.4. The molecular formula is C12H11ClO. The Morgan fingerprint density at radius 1 is 1.36 bits per heavy atom. The van der Waals surface area contributed by atoms with Gasteiger partial charge in [-0.25, -0.2) is 0 Å². The van der Waals surface area contributed by atoms with Gasteiger partial charge in [0.15, 0.2) is 0 Å². The van der Waals surface area contributed by atoms with Crippen LogP contribution in [0.1, 0.15) is 24.8 Å². The average Bonchev–Trinajstić information content (AvgIpc) is 2.56. The van der Waals surface area contributed by atoms with E-state index in [1.807, 2.05) is 24.3 Å². The summed E-state index contributed by atoms with van der Waals surface area (Å²) in [7, 11) is 0. The van der Waals surface area contributed by atoms with Crippen LogP contribution in [0.4, 0.5) is 0 Å². The lowest BCUT2D eigenvalue weighted by atomic mass is 9.65. The Morgan fingerprint density at radius 2 is 2.14 bits per heavy atom. The van der Waals surface area contributed by atoms with Gasteiger partial charge in [-0.05, 0) is 36.5 Å². The molecule has 3 saturated carbocycles. The number of Topliss-reactive ketones (excluding diaryl/α,β-unsaturated/α-hetero) is 1. The van der Waals surface area contributed by atoms with Crippen molar-refractivity contribution in [3.8, 4) is 0 Å². The molecule has 0 heterocycles. The summed E-state index contributed by atoms with van der Waals surface area (Å²) < 4.78 is 0. The predicted octanol–water partition coefficient (Wildman–Crippen LogP) is 2.96. The van der Waals surface area contributed by atoms with Crippen molar-refractivity contribution in [1.29, 1.82) is 0 Å². The summed E-state index contributed by atoms with van der Waals surface area (Å²) in [5, 5.41) is 0.736. The average molecular weight is 207 g/mol. The van der Waals surface area contributed by atoms with Gasteiger partial charge in [-0.15, -0.1) is 0 Å². The van der Waals surface area contributed by atoms with Gasteiger partial charge in [0.05, 0.1) is 5.41 Å². The van der Waals surface area contributed by atoms with E-state index in [2.05, 4.69) is 0 Å². The van der Waals surface area contributed by atoms with E-state index in [4.69, 9.17) is 11.6 Å². The van der Waals surface area contributed by atoms with E-state index in [1.54, 1.807) is 0 Å². The molecule has 3 aliphatic rings. The summed E-state index contributed by atoms with van der Waals surface area (Å²) in [6.07, 6.45) is 2.88. The van der Waals surface area contributed by atoms with Gasteiger partial charge in [0.2, 0.25) is 0 Å². The fourth-order valence-electron chi connectivity index (χ4n) is 2.94. The summed E-state index contributed by atoms with van der Waals surface area (Å²) >= 11 is 5.94. The van der Waals surface area contributed by atoms with E-state index in [0.717, 1.165) is 29.8 Å². The van der Waals surface area contributed by atoms with Crippen molar-refractivity contribution in [3.63, 3.8) is 0 Å². The topological polar surface area (TPSA) is 17.1 Å². The zero-order valence-corrected chi connectivity index (χ0v) is 8.55. The number of carbonyl (C=O) groups excluding carboxylic acids is 1. The first kappa shape index (κ1) is 8.49. The van der Waals surface area contributed by atoms with E-state index in [1.165, 1.54) is 0 Å². The Hall–Kier alpha value is -0.820. The molecule has 0 aliphatic heterocycles. The van der Waals surface area contributed by atoms with E-state index < -0.39 is 0 Å². The van der Waals surface area contributed by atoms with Gasteiger partial charge in [-0.1, -0.05) is 23.7 Å². The zero-order valence-electron chi connectivity index (χ0n) is 7.79. The maximum Gasteiger partial charge on any atom is 0.143 e. The molecule has 2 heteroatoms. The third-order valence-electron chi connectivity index (χ3n) is 3.66. The second-order valence-electron chi connectivity index (χ2n) is 4.49. The lowest BCUT2D eigenvalue weighted by molar-refractivity contribution is -0.121. The molecule has 0 spiro atoms. The van der Waals surface area contributed by atoms with Gasteiger partial charge < -0.3 is 0 Å². The second kappa shape index (κ2) is 2.60. The van der Waals surface area contributed by atoms with Crippen molar-refractivity contribution < 1.29 is 4.79 Å². The molecule has 1 aromatic carbocycles. The Labute approximate surface area is 88.1 Å². The monoisotopic (exact) mass is 206 g/mol. The third kappa shape index (κ3) is 0.936. The Balaban J connectivity index is 2.07. The summed E-state index contributed by atoms with van der Waals surface area (Å²) in [5.74, 6) is 1.08. The van der Waals surface area contributed by atoms with Crippen LogP contribution in [0.5, 0.6) is 0 Å². The van der Waals surface area contributed by atoms with Gasteiger partial charge in [-0.2, -0.15) is 0 Å². The van der Waals surface area contributed by atoms with Crippen LogP contribution in [-0.4, -0.2) is 5.78 Å². The Kier molecular flexibility index (Phi) is 1.58. The standard InChI is InChI=1S/C12H11ClO/c13-10-3-1-2-9(5-10)12-6-8(7-12)4-11(12)14/h1-3,5,8H,4,6-7H2. The van der Waals surface area contributed by atoms with Crippen molar-refractivity contribution in [3.05, 3.63) is 34.9 Å². The van der Waals surface area contributed by atoms with Gasteiger partial charge >= 0.3 is 0 Å². The zero-order chi connectivity index (χ0) is 9.76. The lowest BCUT2D eigenvalue weighted by Crippen LogP contribution is -2.36. The van der Waals surface area contributed by atoms with Gasteiger partial charge in [0.25, 0.3) is 0 Å². The van der Waals surface area contributed by atoms with Crippen molar-refractivity contribution in [2.75, 3.05) is 0 Å². The maximum atomic E-state index is 11.8. The van der Waals surface area contributed by atoms with Crippen LogP contribution in [0.3, 0.4) is 0 Å². The molecule has 3 aliphatic carbocycles. The number of hydrogen-bond acceptors (Lipinski definition) is 1. The Morgan fingerprint density at radius 3 is 2.71 bits per heavy atom. The van der Waals surface area contributed by atoms with Crippen LogP contribution in [0.15, 0.2) is 24.3 Å². The second-order valence-corrected chi connectivity index (χ2v) is 4.93. The number of hydrogen-bond donors (Lipinski definition) is 0. The molecule has 0 amide bonds. The highest BCUT2D eigenvalue weighted by Gasteiger charge is 2.57.